The van der Waals surface area contributed by atoms with Crippen molar-refractivity contribution in [3.05, 3.63) is 24.2 Å². The van der Waals surface area contributed by atoms with E-state index in [9.17, 15) is 0 Å². The number of methoxy groups -OCH3 is 1. The van der Waals surface area contributed by atoms with Gasteiger partial charge < -0.3 is 24.5 Å². The van der Waals surface area contributed by atoms with Crippen LogP contribution in [0.1, 0.15) is 39.0 Å². The summed E-state index contributed by atoms with van der Waals surface area (Å²) in [5.74, 6) is 1.79. The first-order valence-corrected chi connectivity index (χ1v) is 9.63. The van der Waals surface area contributed by atoms with E-state index in [1.54, 1.807) is 13.4 Å². The number of nitrogens with one attached hydrogen (secondary N) is 2. The molecule has 0 aliphatic heterocycles. The lowest BCUT2D eigenvalue weighted by molar-refractivity contribution is 0.0698. The molecule has 0 amide bonds. The fourth-order valence-electron chi connectivity index (χ4n) is 2.68. The summed E-state index contributed by atoms with van der Waals surface area (Å²) in [6.45, 7) is 12.6. The van der Waals surface area contributed by atoms with Crippen molar-refractivity contribution in [2.75, 3.05) is 59.7 Å². The zero-order valence-electron chi connectivity index (χ0n) is 16.8. The van der Waals surface area contributed by atoms with Crippen LogP contribution in [0.2, 0.25) is 0 Å². The largest absolute Gasteiger partial charge is 0.468 e. The van der Waals surface area contributed by atoms with Gasteiger partial charge in [0.05, 0.1) is 32.1 Å². The van der Waals surface area contributed by atoms with Gasteiger partial charge in [-0.25, -0.2) is 0 Å². The number of hydrogen-bond acceptors (Lipinski definition) is 5. The number of likely N-dealkylation sites (N-methyl/N-ethyl adjacent to an activating group) is 1. The highest BCUT2D eigenvalue weighted by atomic mass is 16.5. The second-order valence-corrected chi connectivity index (χ2v) is 5.86. The molecule has 0 bridgehead atoms. The quantitative estimate of drug-likeness (QED) is 0.298. The first kappa shape index (κ1) is 22.5. The summed E-state index contributed by atoms with van der Waals surface area (Å²) >= 11 is 0. The van der Waals surface area contributed by atoms with E-state index >= 15 is 0 Å². The molecule has 0 saturated carbocycles. The Morgan fingerprint density at radius 3 is 2.62 bits per heavy atom. The smallest absolute Gasteiger partial charge is 0.191 e. The predicted molar refractivity (Wildman–Crippen MR) is 106 cm³/mol. The molecule has 0 aliphatic carbocycles. The van der Waals surface area contributed by atoms with Crippen molar-refractivity contribution in [1.29, 1.82) is 0 Å². The van der Waals surface area contributed by atoms with Crippen LogP contribution < -0.4 is 10.6 Å². The molecule has 0 saturated heterocycles. The van der Waals surface area contributed by atoms with Crippen LogP contribution >= 0.6 is 0 Å². The van der Waals surface area contributed by atoms with Gasteiger partial charge >= 0.3 is 0 Å². The minimum absolute atomic E-state index is 0.146. The Morgan fingerprint density at radius 2 is 2.00 bits per heavy atom. The van der Waals surface area contributed by atoms with Crippen molar-refractivity contribution < 1.29 is 13.9 Å². The van der Waals surface area contributed by atoms with Gasteiger partial charge in [-0.05, 0) is 38.6 Å². The minimum Gasteiger partial charge on any atom is -0.468 e. The fourth-order valence-corrected chi connectivity index (χ4v) is 2.68. The van der Waals surface area contributed by atoms with E-state index in [4.69, 9.17) is 18.9 Å². The van der Waals surface area contributed by atoms with Crippen molar-refractivity contribution in [2.24, 2.45) is 4.99 Å². The van der Waals surface area contributed by atoms with Crippen molar-refractivity contribution in [2.45, 2.75) is 33.2 Å². The zero-order chi connectivity index (χ0) is 19.0. The third kappa shape index (κ3) is 8.69. The van der Waals surface area contributed by atoms with E-state index in [1.807, 2.05) is 12.1 Å². The van der Waals surface area contributed by atoms with Crippen LogP contribution in [0, 0.1) is 0 Å². The lowest BCUT2D eigenvalue weighted by Crippen LogP contribution is -2.39. The number of hydrogen-bond donors (Lipinski definition) is 2. The van der Waals surface area contributed by atoms with Crippen LogP contribution in [0.4, 0.5) is 0 Å². The Labute approximate surface area is 158 Å². The summed E-state index contributed by atoms with van der Waals surface area (Å²) in [5.41, 5.74) is 0. The molecule has 1 aromatic heterocycles. The topological polar surface area (TPSA) is 71.3 Å². The van der Waals surface area contributed by atoms with Crippen LogP contribution in [0.3, 0.4) is 0 Å². The van der Waals surface area contributed by atoms with Crippen molar-refractivity contribution in [3.8, 4) is 0 Å². The third-order valence-corrected chi connectivity index (χ3v) is 4.08. The van der Waals surface area contributed by atoms with E-state index in [1.165, 1.54) is 0 Å². The summed E-state index contributed by atoms with van der Waals surface area (Å²) in [5, 5.41) is 6.66. The lowest BCUT2D eigenvalue weighted by Gasteiger charge is -2.27. The summed E-state index contributed by atoms with van der Waals surface area (Å²) in [6, 6.07) is 4.10. The minimum atomic E-state index is 0.146. The predicted octanol–water partition coefficient (Wildman–Crippen LogP) is 2.27. The zero-order valence-corrected chi connectivity index (χ0v) is 16.8. The summed E-state index contributed by atoms with van der Waals surface area (Å²) < 4.78 is 16.1. The first-order chi connectivity index (χ1) is 12.8. The van der Waals surface area contributed by atoms with Gasteiger partial charge in [0.25, 0.3) is 0 Å². The molecule has 7 nitrogen and oxygen atoms in total. The van der Waals surface area contributed by atoms with Gasteiger partial charge in [-0.1, -0.05) is 13.8 Å². The Hall–Kier alpha value is -1.57. The van der Waals surface area contributed by atoms with Gasteiger partial charge in [-0.2, -0.15) is 0 Å². The van der Waals surface area contributed by atoms with Gasteiger partial charge in [-0.15, -0.1) is 0 Å². The van der Waals surface area contributed by atoms with Gasteiger partial charge in [0.1, 0.15) is 5.76 Å². The van der Waals surface area contributed by atoms with Crippen LogP contribution in [0.15, 0.2) is 27.8 Å². The average molecular weight is 369 g/mol. The number of nitrogens with zero attached hydrogens (tertiary/aromatic N) is 2. The molecule has 0 aliphatic rings. The highest BCUT2D eigenvalue weighted by Crippen LogP contribution is 2.21. The van der Waals surface area contributed by atoms with E-state index < -0.39 is 0 Å². The monoisotopic (exact) mass is 368 g/mol. The molecule has 1 atom stereocenters. The maximum Gasteiger partial charge on any atom is 0.191 e. The van der Waals surface area contributed by atoms with Crippen molar-refractivity contribution in [1.82, 2.24) is 15.5 Å². The fraction of sp³-hybridized carbons (Fsp3) is 0.737. The van der Waals surface area contributed by atoms with E-state index in [-0.39, 0.29) is 6.04 Å². The molecule has 0 aromatic carbocycles. The third-order valence-electron chi connectivity index (χ3n) is 4.08. The maximum atomic E-state index is 5.64. The Kier molecular flexibility index (Phi) is 12.6. The maximum absolute atomic E-state index is 5.64. The van der Waals surface area contributed by atoms with E-state index in [2.05, 4.69) is 36.3 Å². The summed E-state index contributed by atoms with van der Waals surface area (Å²) in [6.07, 6.45) is 2.65. The number of rotatable bonds is 14. The van der Waals surface area contributed by atoms with E-state index in [0.29, 0.717) is 26.4 Å². The molecule has 0 spiro atoms. The van der Waals surface area contributed by atoms with Crippen molar-refractivity contribution in [3.63, 3.8) is 0 Å². The lowest BCUT2D eigenvalue weighted by atomic mass is 10.2. The average Bonchev–Trinajstić information content (AvgIpc) is 3.18. The molecule has 0 radical (unpaired) electrons. The van der Waals surface area contributed by atoms with Crippen LogP contribution in [-0.2, 0) is 9.47 Å². The highest BCUT2D eigenvalue weighted by Gasteiger charge is 2.20. The molecule has 26 heavy (non-hydrogen) atoms. The molecule has 150 valence electrons. The molecule has 1 rings (SSSR count). The van der Waals surface area contributed by atoms with Crippen LogP contribution in [0.25, 0.3) is 0 Å². The molecule has 0 fully saturated rings. The highest BCUT2D eigenvalue weighted by molar-refractivity contribution is 5.79. The molecule has 2 N–H and O–H groups in total. The number of furan rings is 1. The summed E-state index contributed by atoms with van der Waals surface area (Å²) in [4.78, 5) is 7.12. The van der Waals surface area contributed by atoms with Crippen molar-refractivity contribution >= 4 is 5.96 Å². The van der Waals surface area contributed by atoms with Crippen LogP contribution in [0.5, 0.6) is 0 Å². The van der Waals surface area contributed by atoms with E-state index in [0.717, 1.165) is 44.3 Å². The Morgan fingerprint density at radius 1 is 1.19 bits per heavy atom. The molecule has 1 aromatic rings. The van der Waals surface area contributed by atoms with Gasteiger partial charge in [0.15, 0.2) is 5.96 Å². The molecule has 1 heterocycles. The Bertz CT molecular complexity index is 461. The molecular formula is C19H36N4O3. The second-order valence-electron chi connectivity index (χ2n) is 5.86. The van der Waals surface area contributed by atoms with Crippen LogP contribution in [-0.4, -0.2) is 70.5 Å². The number of aliphatic imine (C=N–C) groups is 1. The molecule has 1 unspecified atom stereocenters. The normalized spacial score (nSPS) is 13.2. The second kappa shape index (κ2) is 14.6. The first-order valence-electron chi connectivity index (χ1n) is 9.63. The molecule has 7 heteroatoms. The number of guanidine groups is 1. The standard InChI is InChI=1S/C19H36N4O3/c1-5-20-19(21-11-9-12-25-15-14-24-4)22-16-17(23(6-2)7-3)18-10-8-13-26-18/h8,10,13,17H,5-7,9,11-12,14-16H2,1-4H3,(H2,20,21,22). The number of ether oxygens (including phenoxy) is 2. The summed E-state index contributed by atoms with van der Waals surface area (Å²) in [7, 11) is 1.68. The SMILES string of the molecule is CCNC(=NCC(c1ccco1)N(CC)CC)NCCCOCCOC. The van der Waals surface area contributed by atoms with Gasteiger partial charge in [-0.3, -0.25) is 9.89 Å². The van der Waals surface area contributed by atoms with Gasteiger partial charge in [0, 0.05) is 26.8 Å². The molecular weight excluding hydrogens is 332 g/mol. The Balaban J connectivity index is 2.53. The van der Waals surface area contributed by atoms with Gasteiger partial charge in [0.2, 0.25) is 0 Å².